The second-order valence-corrected chi connectivity index (χ2v) is 8.32. The fourth-order valence-corrected chi connectivity index (χ4v) is 4.30. The molecule has 0 unspecified atom stereocenters. The van der Waals surface area contributed by atoms with Crippen molar-refractivity contribution < 1.29 is 4.79 Å². The molecule has 1 aromatic carbocycles. The minimum absolute atomic E-state index is 0.0696. The Morgan fingerprint density at radius 3 is 2.77 bits per heavy atom. The summed E-state index contributed by atoms with van der Waals surface area (Å²) in [6.07, 6.45) is 8.20. The van der Waals surface area contributed by atoms with Crippen LogP contribution in [0.3, 0.4) is 0 Å². The molecule has 1 fully saturated rings. The molecule has 3 aromatic rings. The maximum Gasteiger partial charge on any atom is 0.223 e. The number of nitrogens with zero attached hydrogens (tertiary/aromatic N) is 4. The van der Waals surface area contributed by atoms with Crippen molar-refractivity contribution in [2.75, 3.05) is 6.54 Å². The summed E-state index contributed by atoms with van der Waals surface area (Å²) in [6, 6.07) is 16.6. The highest BCUT2D eigenvalue weighted by atomic mass is 16.2. The van der Waals surface area contributed by atoms with E-state index in [4.69, 9.17) is 4.98 Å². The average Bonchev–Trinajstić information content (AvgIpc) is 3.44. The van der Waals surface area contributed by atoms with Crippen LogP contribution in [-0.4, -0.2) is 31.9 Å². The molecule has 156 valence electrons. The number of likely N-dealkylation sites (tertiary alicyclic amines) is 1. The molecule has 0 aliphatic carbocycles. The van der Waals surface area contributed by atoms with Gasteiger partial charge in [-0.15, -0.1) is 0 Å². The number of carbonyl (C=O) groups excluding carboxylic acids is 1. The molecule has 0 spiro atoms. The monoisotopic (exact) mass is 402 g/mol. The van der Waals surface area contributed by atoms with E-state index in [1.165, 1.54) is 5.56 Å². The number of aromatic nitrogens is 3. The fourth-order valence-electron chi connectivity index (χ4n) is 4.30. The Bertz CT molecular complexity index is 980. The molecule has 30 heavy (non-hydrogen) atoms. The van der Waals surface area contributed by atoms with Crippen LogP contribution in [-0.2, 0) is 11.2 Å². The van der Waals surface area contributed by atoms with Crippen molar-refractivity contribution in [2.24, 2.45) is 0 Å². The Balaban J connectivity index is 1.45. The zero-order chi connectivity index (χ0) is 20.9. The van der Waals surface area contributed by atoms with E-state index in [1.807, 2.05) is 35.5 Å². The number of carbonyl (C=O) groups is 1. The molecular formula is C25H30N4O. The summed E-state index contributed by atoms with van der Waals surface area (Å²) in [5.41, 5.74) is 2.27. The lowest BCUT2D eigenvalue weighted by molar-refractivity contribution is -0.132. The van der Waals surface area contributed by atoms with Gasteiger partial charge in [0.15, 0.2) is 0 Å². The average molecular weight is 403 g/mol. The molecule has 2 aromatic heterocycles. The molecule has 1 atom stereocenters. The summed E-state index contributed by atoms with van der Waals surface area (Å²) >= 11 is 0. The van der Waals surface area contributed by atoms with Gasteiger partial charge < -0.3 is 4.90 Å². The molecule has 1 aliphatic heterocycles. The van der Waals surface area contributed by atoms with E-state index in [0.717, 1.165) is 49.6 Å². The van der Waals surface area contributed by atoms with Gasteiger partial charge in [0.25, 0.3) is 0 Å². The van der Waals surface area contributed by atoms with Crippen LogP contribution in [0.2, 0.25) is 0 Å². The molecule has 0 radical (unpaired) electrons. The topological polar surface area (TPSA) is 51.0 Å². The molecule has 4 rings (SSSR count). The number of benzene rings is 1. The van der Waals surface area contributed by atoms with Crippen LogP contribution >= 0.6 is 0 Å². The predicted octanol–water partition coefficient (Wildman–Crippen LogP) is 5.08. The molecule has 1 aliphatic rings. The lowest BCUT2D eigenvalue weighted by Gasteiger charge is -2.25. The SMILES string of the molecule is CC(C)c1nccn1-c1cccc([C@@H]2CCCN2C(=O)CCCc2ccccc2)n1. The van der Waals surface area contributed by atoms with Gasteiger partial charge >= 0.3 is 0 Å². The van der Waals surface area contributed by atoms with Crippen LogP contribution in [0, 0.1) is 0 Å². The minimum Gasteiger partial charge on any atom is -0.334 e. The van der Waals surface area contributed by atoms with Crippen LogP contribution in [0.1, 0.15) is 68.6 Å². The largest absolute Gasteiger partial charge is 0.334 e. The number of rotatable bonds is 7. The number of hydrogen-bond acceptors (Lipinski definition) is 3. The molecule has 0 saturated carbocycles. The smallest absolute Gasteiger partial charge is 0.223 e. The van der Waals surface area contributed by atoms with Crippen molar-refractivity contribution in [3.63, 3.8) is 0 Å². The van der Waals surface area contributed by atoms with Crippen molar-refractivity contribution in [2.45, 2.75) is 57.9 Å². The Labute approximate surface area is 178 Å². The van der Waals surface area contributed by atoms with E-state index >= 15 is 0 Å². The maximum absolute atomic E-state index is 13.0. The van der Waals surface area contributed by atoms with Gasteiger partial charge in [0.05, 0.1) is 11.7 Å². The third kappa shape index (κ3) is 4.45. The van der Waals surface area contributed by atoms with E-state index in [9.17, 15) is 4.79 Å². The van der Waals surface area contributed by atoms with Crippen LogP contribution in [0.25, 0.3) is 5.82 Å². The normalized spacial score (nSPS) is 16.4. The van der Waals surface area contributed by atoms with Gasteiger partial charge in [-0.1, -0.05) is 50.2 Å². The molecular weight excluding hydrogens is 372 g/mol. The Morgan fingerprint density at radius 1 is 1.13 bits per heavy atom. The van der Waals surface area contributed by atoms with Crippen molar-refractivity contribution >= 4 is 5.91 Å². The van der Waals surface area contributed by atoms with Gasteiger partial charge in [-0.25, -0.2) is 9.97 Å². The van der Waals surface area contributed by atoms with Crippen LogP contribution < -0.4 is 0 Å². The summed E-state index contributed by atoms with van der Waals surface area (Å²) in [4.78, 5) is 24.4. The zero-order valence-corrected chi connectivity index (χ0v) is 17.9. The summed E-state index contributed by atoms with van der Waals surface area (Å²) < 4.78 is 2.05. The second-order valence-electron chi connectivity index (χ2n) is 8.32. The van der Waals surface area contributed by atoms with Gasteiger partial charge in [-0.3, -0.25) is 9.36 Å². The predicted molar refractivity (Wildman–Crippen MR) is 119 cm³/mol. The highest BCUT2D eigenvalue weighted by Crippen LogP contribution is 2.32. The number of hydrogen-bond donors (Lipinski definition) is 0. The van der Waals surface area contributed by atoms with E-state index in [0.29, 0.717) is 12.3 Å². The van der Waals surface area contributed by atoms with Crippen LogP contribution in [0.15, 0.2) is 60.9 Å². The molecule has 3 heterocycles. The van der Waals surface area contributed by atoms with Gasteiger partial charge in [0.2, 0.25) is 5.91 Å². The molecule has 0 bridgehead atoms. The first-order chi connectivity index (χ1) is 14.6. The van der Waals surface area contributed by atoms with Gasteiger partial charge in [0.1, 0.15) is 11.6 Å². The number of imidazole rings is 1. The van der Waals surface area contributed by atoms with E-state index in [2.05, 4.69) is 53.7 Å². The number of amides is 1. The first-order valence-corrected chi connectivity index (χ1v) is 11.0. The molecule has 1 saturated heterocycles. The standard InChI is InChI=1S/C25H30N4O/c1-19(2)25-26-16-18-29(25)23-14-7-12-21(27-23)22-13-8-17-28(22)24(30)15-6-11-20-9-4-3-5-10-20/h3-5,7,9-10,12,14,16,18-19,22H,6,8,11,13,15,17H2,1-2H3/t22-/m0/s1. The zero-order valence-electron chi connectivity index (χ0n) is 17.9. The van der Waals surface area contributed by atoms with Crippen molar-refractivity contribution in [3.8, 4) is 5.82 Å². The fraction of sp³-hybridized carbons (Fsp3) is 0.400. The summed E-state index contributed by atoms with van der Waals surface area (Å²) in [6.45, 7) is 5.09. The Morgan fingerprint density at radius 2 is 1.97 bits per heavy atom. The van der Waals surface area contributed by atoms with Crippen molar-refractivity contribution in [3.05, 3.63) is 78.0 Å². The third-order valence-corrected chi connectivity index (χ3v) is 5.80. The lowest BCUT2D eigenvalue weighted by atomic mass is 10.1. The molecule has 1 amide bonds. The summed E-state index contributed by atoms with van der Waals surface area (Å²) in [5, 5.41) is 0. The van der Waals surface area contributed by atoms with Crippen molar-refractivity contribution in [1.82, 2.24) is 19.4 Å². The lowest BCUT2D eigenvalue weighted by Crippen LogP contribution is -2.31. The first-order valence-electron chi connectivity index (χ1n) is 11.0. The minimum atomic E-state index is 0.0696. The van der Waals surface area contributed by atoms with Crippen molar-refractivity contribution in [1.29, 1.82) is 0 Å². The van der Waals surface area contributed by atoms with Crippen LogP contribution in [0.5, 0.6) is 0 Å². The second kappa shape index (κ2) is 9.24. The number of aryl methyl sites for hydroxylation is 1. The van der Waals surface area contributed by atoms with Gasteiger partial charge in [-0.05, 0) is 43.4 Å². The summed E-state index contributed by atoms with van der Waals surface area (Å²) in [7, 11) is 0. The first kappa shape index (κ1) is 20.3. The Kier molecular flexibility index (Phi) is 6.26. The number of pyridine rings is 1. The summed E-state index contributed by atoms with van der Waals surface area (Å²) in [5.74, 6) is 2.43. The molecule has 0 N–H and O–H groups in total. The van der Waals surface area contributed by atoms with E-state index in [-0.39, 0.29) is 11.9 Å². The van der Waals surface area contributed by atoms with Gasteiger partial charge in [0, 0.05) is 31.3 Å². The Hall–Kier alpha value is -2.95. The van der Waals surface area contributed by atoms with E-state index < -0.39 is 0 Å². The molecule has 5 nitrogen and oxygen atoms in total. The highest BCUT2D eigenvalue weighted by Gasteiger charge is 2.30. The van der Waals surface area contributed by atoms with E-state index in [1.54, 1.807) is 0 Å². The third-order valence-electron chi connectivity index (χ3n) is 5.80. The maximum atomic E-state index is 13.0. The highest BCUT2D eigenvalue weighted by molar-refractivity contribution is 5.77. The van der Waals surface area contributed by atoms with Crippen LogP contribution in [0.4, 0.5) is 0 Å². The van der Waals surface area contributed by atoms with Gasteiger partial charge in [-0.2, -0.15) is 0 Å². The molecule has 5 heteroatoms. The quantitative estimate of drug-likeness (QED) is 0.554.